The molecule has 22 heavy (non-hydrogen) atoms. The monoisotopic (exact) mass is 331 g/mol. The second kappa shape index (κ2) is 5.94. The Kier molecular flexibility index (Phi) is 4.00. The lowest BCUT2D eigenvalue weighted by Crippen LogP contribution is -2.19. The first kappa shape index (κ1) is 14.8. The molecule has 112 valence electrons. The maximum Gasteiger partial charge on any atom is 0.325 e. The van der Waals surface area contributed by atoms with Crippen LogP contribution in [0.3, 0.4) is 0 Å². The Balaban J connectivity index is 1.78. The summed E-state index contributed by atoms with van der Waals surface area (Å²) >= 11 is 7.53. The van der Waals surface area contributed by atoms with Crippen molar-refractivity contribution in [1.29, 1.82) is 0 Å². The third-order valence-electron chi connectivity index (χ3n) is 3.23. The van der Waals surface area contributed by atoms with E-state index in [1.807, 2.05) is 50.2 Å². The van der Waals surface area contributed by atoms with E-state index in [2.05, 4.69) is 15.6 Å². The minimum Gasteiger partial charge on any atom is -0.308 e. The minimum atomic E-state index is -0.323. The smallest absolute Gasteiger partial charge is 0.308 e. The molecule has 3 aromatic rings. The van der Waals surface area contributed by atoms with Gasteiger partial charge in [-0.1, -0.05) is 46.7 Å². The second-order valence-corrected chi connectivity index (χ2v) is 6.41. The van der Waals surface area contributed by atoms with Gasteiger partial charge in [-0.05, 0) is 37.6 Å². The van der Waals surface area contributed by atoms with Gasteiger partial charge in [0, 0.05) is 5.69 Å². The van der Waals surface area contributed by atoms with Crippen LogP contribution in [0.5, 0.6) is 0 Å². The van der Waals surface area contributed by atoms with Gasteiger partial charge in [-0.15, -0.1) is 0 Å². The van der Waals surface area contributed by atoms with Gasteiger partial charge in [-0.3, -0.25) is 5.32 Å². The van der Waals surface area contributed by atoms with Gasteiger partial charge in [0.2, 0.25) is 0 Å². The molecular weight excluding hydrogens is 318 g/mol. The number of anilines is 2. The summed E-state index contributed by atoms with van der Waals surface area (Å²) < 4.78 is 0.882. The van der Waals surface area contributed by atoms with Crippen molar-refractivity contribution in [3.05, 3.63) is 52.5 Å². The van der Waals surface area contributed by atoms with Crippen molar-refractivity contribution in [3.63, 3.8) is 0 Å². The predicted molar refractivity (Wildman–Crippen MR) is 93.2 cm³/mol. The Morgan fingerprint density at radius 3 is 2.50 bits per heavy atom. The number of nitrogens with one attached hydrogen (secondary N) is 2. The lowest BCUT2D eigenvalue weighted by molar-refractivity contribution is 0.262. The molecule has 2 N–H and O–H groups in total. The first-order valence-electron chi connectivity index (χ1n) is 6.73. The van der Waals surface area contributed by atoms with Crippen molar-refractivity contribution in [1.82, 2.24) is 4.98 Å². The van der Waals surface area contributed by atoms with E-state index < -0.39 is 0 Å². The first-order valence-corrected chi connectivity index (χ1v) is 7.93. The molecule has 2 amide bonds. The number of aryl methyl sites for hydroxylation is 2. The molecule has 0 spiro atoms. The number of carbonyl (C=O) groups is 1. The van der Waals surface area contributed by atoms with Crippen molar-refractivity contribution in [2.45, 2.75) is 13.8 Å². The van der Waals surface area contributed by atoms with E-state index in [9.17, 15) is 4.79 Å². The molecule has 0 saturated heterocycles. The summed E-state index contributed by atoms with van der Waals surface area (Å²) in [4.78, 5) is 16.5. The Morgan fingerprint density at radius 2 is 1.82 bits per heavy atom. The fourth-order valence-corrected chi connectivity index (χ4v) is 3.26. The van der Waals surface area contributed by atoms with Crippen LogP contribution in [0.25, 0.3) is 10.2 Å². The number of aromatic nitrogens is 1. The average Bonchev–Trinajstić information content (AvgIpc) is 2.90. The van der Waals surface area contributed by atoms with Gasteiger partial charge in [0.1, 0.15) is 0 Å². The van der Waals surface area contributed by atoms with Crippen LogP contribution in [0.2, 0.25) is 5.02 Å². The zero-order valence-corrected chi connectivity index (χ0v) is 13.7. The van der Waals surface area contributed by atoms with Crippen molar-refractivity contribution in [2.24, 2.45) is 0 Å². The highest BCUT2D eigenvalue weighted by molar-refractivity contribution is 7.23. The highest BCUT2D eigenvalue weighted by Gasteiger charge is 2.11. The topological polar surface area (TPSA) is 54.0 Å². The number of hydrogen-bond acceptors (Lipinski definition) is 3. The lowest BCUT2D eigenvalue weighted by atomic mass is 10.2. The molecule has 6 heteroatoms. The zero-order valence-electron chi connectivity index (χ0n) is 12.1. The van der Waals surface area contributed by atoms with Crippen LogP contribution in [0.15, 0.2) is 36.4 Å². The quantitative estimate of drug-likeness (QED) is 0.677. The van der Waals surface area contributed by atoms with E-state index in [-0.39, 0.29) is 6.03 Å². The number of halogens is 1. The molecule has 1 heterocycles. The number of rotatable bonds is 2. The molecule has 4 nitrogen and oxygen atoms in total. The highest BCUT2D eigenvalue weighted by Crippen LogP contribution is 2.33. The van der Waals surface area contributed by atoms with E-state index in [1.54, 1.807) is 0 Å². The van der Waals surface area contributed by atoms with Crippen LogP contribution in [-0.4, -0.2) is 11.0 Å². The second-order valence-electron chi connectivity index (χ2n) is 5.01. The van der Waals surface area contributed by atoms with Crippen LogP contribution >= 0.6 is 22.9 Å². The van der Waals surface area contributed by atoms with Crippen LogP contribution in [0.4, 0.5) is 15.6 Å². The molecule has 3 rings (SSSR count). The SMILES string of the molecule is Cc1ccc(NC(=O)Nc2nc3c(C)ccc(Cl)c3s2)cc1. The fourth-order valence-electron chi connectivity index (χ4n) is 2.05. The normalized spacial score (nSPS) is 10.7. The molecule has 0 unspecified atom stereocenters. The zero-order chi connectivity index (χ0) is 15.7. The Hall–Kier alpha value is -2.11. The van der Waals surface area contributed by atoms with E-state index >= 15 is 0 Å². The molecule has 0 aliphatic rings. The molecule has 0 aliphatic heterocycles. The third kappa shape index (κ3) is 3.05. The number of amides is 2. The summed E-state index contributed by atoms with van der Waals surface area (Å²) in [5.74, 6) is 0. The molecule has 0 saturated carbocycles. The fraction of sp³-hybridized carbons (Fsp3) is 0.125. The van der Waals surface area contributed by atoms with E-state index in [4.69, 9.17) is 11.6 Å². The summed E-state index contributed by atoms with van der Waals surface area (Å²) in [6.45, 7) is 3.96. The minimum absolute atomic E-state index is 0.323. The number of carbonyl (C=O) groups excluding carboxylic acids is 1. The first-order chi connectivity index (χ1) is 10.5. The Labute approximate surface area is 137 Å². The van der Waals surface area contributed by atoms with Crippen LogP contribution in [0, 0.1) is 13.8 Å². The number of thiazole rings is 1. The molecule has 2 aromatic carbocycles. The van der Waals surface area contributed by atoms with Gasteiger partial charge in [-0.2, -0.15) is 0 Å². The van der Waals surface area contributed by atoms with Crippen molar-refractivity contribution in [3.8, 4) is 0 Å². The summed E-state index contributed by atoms with van der Waals surface area (Å²) in [6, 6.07) is 11.0. The maximum atomic E-state index is 12.0. The molecule has 0 aliphatic carbocycles. The van der Waals surface area contributed by atoms with E-state index in [0.717, 1.165) is 27.0 Å². The summed E-state index contributed by atoms with van der Waals surface area (Å²) in [7, 11) is 0. The molecular formula is C16H14ClN3OS. The van der Waals surface area contributed by atoms with Crippen LogP contribution in [-0.2, 0) is 0 Å². The molecule has 1 aromatic heterocycles. The van der Waals surface area contributed by atoms with Crippen molar-refractivity contribution < 1.29 is 4.79 Å². The van der Waals surface area contributed by atoms with Crippen LogP contribution in [0.1, 0.15) is 11.1 Å². The largest absolute Gasteiger partial charge is 0.325 e. The van der Waals surface area contributed by atoms with Gasteiger partial charge in [0.15, 0.2) is 5.13 Å². The van der Waals surface area contributed by atoms with Gasteiger partial charge in [0.05, 0.1) is 15.2 Å². The van der Waals surface area contributed by atoms with Crippen molar-refractivity contribution in [2.75, 3.05) is 10.6 Å². The number of benzene rings is 2. The number of hydrogen-bond donors (Lipinski definition) is 2. The van der Waals surface area contributed by atoms with Gasteiger partial charge in [-0.25, -0.2) is 9.78 Å². The van der Waals surface area contributed by atoms with E-state index in [0.29, 0.717) is 10.2 Å². The van der Waals surface area contributed by atoms with E-state index in [1.165, 1.54) is 11.3 Å². The van der Waals surface area contributed by atoms with Gasteiger partial charge >= 0.3 is 6.03 Å². The highest BCUT2D eigenvalue weighted by atomic mass is 35.5. The standard InChI is InChI=1S/C16H14ClN3OS/c1-9-3-6-11(7-4-9)18-15(21)20-16-19-13-10(2)5-8-12(17)14(13)22-16/h3-8H,1-2H3,(H2,18,19,20,21). The van der Waals surface area contributed by atoms with Gasteiger partial charge < -0.3 is 5.32 Å². The number of urea groups is 1. The molecule has 0 fully saturated rings. The number of nitrogens with zero attached hydrogens (tertiary/aromatic N) is 1. The summed E-state index contributed by atoms with van der Waals surface area (Å²) in [5, 5.41) is 6.69. The van der Waals surface area contributed by atoms with Crippen molar-refractivity contribution >= 4 is 50.0 Å². The Bertz CT molecular complexity index is 803. The Morgan fingerprint density at radius 1 is 1.09 bits per heavy atom. The summed E-state index contributed by atoms with van der Waals surface area (Å²) in [5.41, 5.74) is 3.73. The maximum absolute atomic E-state index is 12.0. The number of fused-ring (bicyclic) bond motifs is 1. The third-order valence-corrected chi connectivity index (χ3v) is 4.66. The molecule has 0 atom stereocenters. The summed E-state index contributed by atoms with van der Waals surface area (Å²) in [6.07, 6.45) is 0. The van der Waals surface area contributed by atoms with Crippen LogP contribution < -0.4 is 10.6 Å². The predicted octanol–water partition coefficient (Wildman–Crippen LogP) is 5.21. The molecule has 0 bridgehead atoms. The molecule has 0 radical (unpaired) electrons. The lowest BCUT2D eigenvalue weighted by Gasteiger charge is -2.05. The average molecular weight is 332 g/mol. The van der Waals surface area contributed by atoms with Gasteiger partial charge in [0.25, 0.3) is 0 Å².